The van der Waals surface area contributed by atoms with E-state index in [1.165, 1.54) is 36.8 Å². The Balaban J connectivity index is 1.13. The van der Waals surface area contributed by atoms with Crippen LogP contribution in [0.2, 0.25) is 0 Å². The standard InChI is InChI=1S/C37H48NO6/c1-27(2)26-42-33(39)19-11-3-4-12-20-34(40)44-37(28-15-7-5-8-16-28,29-17-9-6-10-18-29)35(41)43-32-25-31-36(32)22-21-30(36)38(31)23-13-14-24-38/h5-10,15-18,27,30-32H,3-4,11-14,19-26H2,1-2H3/q+1/t30-,31?,32?,36?/m1/s1. The summed E-state index contributed by atoms with van der Waals surface area (Å²) >= 11 is 0. The van der Waals surface area contributed by atoms with Gasteiger partial charge in [-0.25, -0.2) is 4.79 Å². The number of fused-ring (bicyclic) bond motifs is 2. The average molecular weight is 603 g/mol. The lowest BCUT2D eigenvalue weighted by Gasteiger charge is -2.80. The first-order chi connectivity index (χ1) is 21.3. The number of unbranched alkanes of at least 4 members (excludes halogenated alkanes) is 3. The fourth-order valence-electron chi connectivity index (χ4n) is 8.90. The quantitative estimate of drug-likeness (QED) is 0.107. The van der Waals surface area contributed by atoms with Crippen LogP contribution in [0.15, 0.2) is 60.7 Å². The summed E-state index contributed by atoms with van der Waals surface area (Å²) in [4.78, 5) is 39.9. The van der Waals surface area contributed by atoms with Crippen molar-refractivity contribution in [2.45, 2.75) is 108 Å². The molecule has 0 amide bonds. The number of nitrogens with zero attached hydrogens (tertiary/aromatic N) is 1. The van der Waals surface area contributed by atoms with Gasteiger partial charge in [-0.15, -0.1) is 0 Å². The van der Waals surface area contributed by atoms with Crippen LogP contribution in [0.3, 0.4) is 0 Å². The largest absolute Gasteiger partial charge is 0.465 e. The SMILES string of the molecule is CC(C)COC(=O)CCCCCCC(=O)OC(C(=O)OC1CC2C13CC[C@H]3[N+]21CCCC1)(c1ccccc1)c1ccccc1. The molecule has 2 heterocycles. The van der Waals surface area contributed by atoms with Crippen LogP contribution in [0.4, 0.5) is 0 Å². The molecule has 2 saturated carbocycles. The summed E-state index contributed by atoms with van der Waals surface area (Å²) in [5.74, 6) is -0.770. The number of hydrogen-bond donors (Lipinski definition) is 0. The van der Waals surface area contributed by atoms with E-state index in [1.807, 2.05) is 74.5 Å². The predicted octanol–water partition coefficient (Wildman–Crippen LogP) is 6.47. The Kier molecular flexibility index (Phi) is 8.87. The Morgan fingerprint density at radius 3 is 1.95 bits per heavy atom. The van der Waals surface area contributed by atoms with E-state index < -0.39 is 17.5 Å². The van der Waals surface area contributed by atoms with Crippen molar-refractivity contribution in [2.75, 3.05) is 19.7 Å². The molecule has 44 heavy (non-hydrogen) atoms. The lowest BCUT2D eigenvalue weighted by atomic mass is 9.39. The van der Waals surface area contributed by atoms with Crippen LogP contribution in [0.5, 0.6) is 0 Å². The van der Waals surface area contributed by atoms with E-state index in [1.54, 1.807) is 0 Å². The average Bonchev–Trinajstić information content (AvgIpc) is 3.48. The lowest BCUT2D eigenvalue weighted by molar-refractivity contribution is -1.05. The third-order valence-electron chi connectivity index (χ3n) is 11.0. The van der Waals surface area contributed by atoms with Gasteiger partial charge in [-0.1, -0.05) is 87.4 Å². The van der Waals surface area contributed by atoms with Crippen molar-refractivity contribution in [2.24, 2.45) is 11.3 Å². The summed E-state index contributed by atoms with van der Waals surface area (Å²) in [7, 11) is 0. The van der Waals surface area contributed by atoms with Crippen molar-refractivity contribution in [3.63, 3.8) is 0 Å². The van der Waals surface area contributed by atoms with E-state index in [9.17, 15) is 14.4 Å². The van der Waals surface area contributed by atoms with Crippen LogP contribution in [-0.2, 0) is 34.2 Å². The molecule has 0 bridgehead atoms. The molecule has 4 aliphatic rings. The molecular formula is C37H48NO6+. The van der Waals surface area contributed by atoms with E-state index >= 15 is 0 Å². The van der Waals surface area contributed by atoms with Crippen LogP contribution in [-0.4, -0.2) is 60.3 Å². The molecule has 4 fully saturated rings. The smallest absolute Gasteiger partial charge is 0.360 e. The molecule has 0 aromatic heterocycles. The Labute approximate surface area is 261 Å². The molecule has 0 N–H and O–H groups in total. The fourth-order valence-corrected chi connectivity index (χ4v) is 8.90. The molecule has 2 aliphatic heterocycles. The molecule has 6 rings (SSSR count). The van der Waals surface area contributed by atoms with E-state index in [2.05, 4.69) is 0 Å². The number of benzene rings is 2. The summed E-state index contributed by atoms with van der Waals surface area (Å²) in [6.45, 7) is 7.02. The van der Waals surface area contributed by atoms with E-state index in [0.29, 0.717) is 48.6 Å². The van der Waals surface area contributed by atoms with Crippen LogP contribution < -0.4 is 0 Å². The van der Waals surface area contributed by atoms with Crippen LogP contribution in [0.25, 0.3) is 0 Å². The molecule has 2 spiro atoms. The number of carbonyl (C=O) groups excluding carboxylic acids is 3. The Morgan fingerprint density at radius 2 is 1.43 bits per heavy atom. The number of esters is 3. The van der Waals surface area contributed by atoms with Crippen molar-refractivity contribution in [1.82, 2.24) is 0 Å². The van der Waals surface area contributed by atoms with Crippen molar-refractivity contribution in [3.8, 4) is 0 Å². The van der Waals surface area contributed by atoms with Crippen LogP contribution in [0.1, 0.15) is 95.6 Å². The highest BCUT2D eigenvalue weighted by Crippen LogP contribution is 2.73. The molecule has 2 saturated heterocycles. The Morgan fingerprint density at radius 1 is 0.841 bits per heavy atom. The van der Waals surface area contributed by atoms with Gasteiger partial charge in [0.2, 0.25) is 0 Å². The van der Waals surface area contributed by atoms with E-state index in [0.717, 1.165) is 32.1 Å². The van der Waals surface area contributed by atoms with Gasteiger partial charge in [0.25, 0.3) is 5.60 Å². The first-order valence-electron chi connectivity index (χ1n) is 16.9. The van der Waals surface area contributed by atoms with Gasteiger partial charge in [0, 0.05) is 49.7 Å². The second-order valence-corrected chi connectivity index (χ2v) is 13.9. The zero-order valence-electron chi connectivity index (χ0n) is 26.4. The second kappa shape index (κ2) is 12.7. The summed E-state index contributed by atoms with van der Waals surface area (Å²) < 4.78 is 19.3. The lowest BCUT2D eigenvalue weighted by Crippen LogP contribution is -2.94. The van der Waals surface area contributed by atoms with Crippen molar-refractivity contribution in [3.05, 3.63) is 71.8 Å². The van der Waals surface area contributed by atoms with Crippen LogP contribution in [0, 0.1) is 11.3 Å². The highest BCUT2D eigenvalue weighted by molar-refractivity contribution is 5.89. The third-order valence-corrected chi connectivity index (χ3v) is 11.0. The first kappa shape index (κ1) is 30.8. The monoisotopic (exact) mass is 602 g/mol. The molecular weight excluding hydrogens is 554 g/mol. The zero-order valence-corrected chi connectivity index (χ0v) is 26.4. The minimum atomic E-state index is -1.68. The minimum Gasteiger partial charge on any atom is -0.465 e. The molecule has 4 atom stereocenters. The number of hydrogen-bond acceptors (Lipinski definition) is 6. The van der Waals surface area contributed by atoms with E-state index in [4.69, 9.17) is 14.2 Å². The summed E-state index contributed by atoms with van der Waals surface area (Å²) in [6.07, 6.45) is 9.25. The summed E-state index contributed by atoms with van der Waals surface area (Å²) in [6, 6.07) is 19.9. The molecule has 2 aromatic carbocycles. The minimum absolute atomic E-state index is 0.115. The number of ether oxygens (including phenoxy) is 3. The third kappa shape index (κ3) is 5.25. The van der Waals surface area contributed by atoms with E-state index in [-0.39, 0.29) is 23.9 Å². The van der Waals surface area contributed by atoms with Gasteiger partial charge in [0.1, 0.15) is 23.6 Å². The van der Waals surface area contributed by atoms with Gasteiger partial charge in [0.05, 0.1) is 19.7 Å². The van der Waals surface area contributed by atoms with Gasteiger partial charge < -0.3 is 18.7 Å². The van der Waals surface area contributed by atoms with Crippen molar-refractivity contribution >= 4 is 17.9 Å². The highest BCUT2D eigenvalue weighted by atomic mass is 16.6. The normalized spacial score (nSPS) is 26.0. The number of quaternary nitrogens is 1. The van der Waals surface area contributed by atoms with Gasteiger partial charge >= 0.3 is 17.9 Å². The molecule has 0 radical (unpaired) electrons. The Hall–Kier alpha value is -3.19. The molecule has 2 aromatic rings. The zero-order chi connectivity index (χ0) is 30.8. The maximum Gasteiger partial charge on any atom is 0.360 e. The maximum absolute atomic E-state index is 14.5. The molecule has 7 nitrogen and oxygen atoms in total. The predicted molar refractivity (Wildman–Crippen MR) is 166 cm³/mol. The highest BCUT2D eigenvalue weighted by Gasteiger charge is 2.86. The number of rotatable bonds is 14. The van der Waals surface area contributed by atoms with Crippen molar-refractivity contribution < 1.29 is 33.1 Å². The Bertz CT molecular complexity index is 1270. The first-order valence-corrected chi connectivity index (χ1v) is 16.9. The van der Waals surface area contributed by atoms with Gasteiger partial charge in [-0.05, 0) is 25.2 Å². The fraction of sp³-hybridized carbons (Fsp3) is 0.595. The van der Waals surface area contributed by atoms with Gasteiger partial charge in [-0.2, -0.15) is 0 Å². The summed E-state index contributed by atoms with van der Waals surface area (Å²) in [5.41, 5.74) is -0.367. The van der Waals surface area contributed by atoms with Crippen molar-refractivity contribution in [1.29, 1.82) is 0 Å². The van der Waals surface area contributed by atoms with Crippen LogP contribution >= 0.6 is 0 Å². The summed E-state index contributed by atoms with van der Waals surface area (Å²) in [5, 5.41) is 0. The maximum atomic E-state index is 14.5. The molecule has 2 aliphatic carbocycles. The topological polar surface area (TPSA) is 78.9 Å². The second-order valence-electron chi connectivity index (χ2n) is 13.9. The van der Waals surface area contributed by atoms with Gasteiger partial charge in [-0.3, -0.25) is 9.59 Å². The number of piperidine rings is 2. The number of carbonyl (C=O) groups is 3. The molecule has 3 unspecified atom stereocenters. The molecule has 236 valence electrons. The molecule has 7 heteroatoms. The van der Waals surface area contributed by atoms with Gasteiger partial charge in [0.15, 0.2) is 0 Å².